The van der Waals surface area contributed by atoms with E-state index in [9.17, 15) is 0 Å². The summed E-state index contributed by atoms with van der Waals surface area (Å²) in [6.45, 7) is 6.12. The molecule has 2 nitrogen and oxygen atoms in total. The minimum Gasteiger partial charge on any atom is -0.454 e. The van der Waals surface area contributed by atoms with Crippen LogP contribution in [0.1, 0.15) is 22.6 Å². The lowest BCUT2D eigenvalue weighted by Gasteiger charge is -1.90. The van der Waals surface area contributed by atoms with E-state index in [1.165, 1.54) is 0 Å². The molecule has 0 saturated heterocycles. The molecule has 0 unspecified atom stereocenters. The third-order valence-corrected chi connectivity index (χ3v) is 2.73. The Hall–Kier alpha value is -1.88. The van der Waals surface area contributed by atoms with E-state index in [2.05, 4.69) is 10.9 Å². The normalized spacial score (nSPS) is 11.3. The molecule has 15 heavy (non-hydrogen) atoms. The van der Waals surface area contributed by atoms with Gasteiger partial charge in [-0.25, -0.2) is 0 Å². The van der Waals surface area contributed by atoms with Gasteiger partial charge in [-0.3, -0.25) is 0 Å². The average Bonchev–Trinajstić information content (AvgIpc) is 2.66. The van der Waals surface area contributed by atoms with Crippen molar-refractivity contribution in [3.8, 4) is 12.3 Å². The molecule has 0 radical (unpaired) electrons. The Morgan fingerprint density at radius 2 is 2.00 bits per heavy atom. The molecule has 2 aromatic heterocycles. The second-order valence-corrected chi connectivity index (χ2v) is 3.67. The van der Waals surface area contributed by atoms with Crippen LogP contribution in [0, 0.1) is 33.1 Å². The van der Waals surface area contributed by atoms with Crippen molar-refractivity contribution in [1.82, 2.24) is 4.98 Å². The quantitative estimate of drug-likeness (QED) is 0.701. The van der Waals surface area contributed by atoms with Crippen molar-refractivity contribution in [3.63, 3.8) is 0 Å². The average molecular weight is 199 g/mol. The number of nitrogens with one attached hydrogen (secondary N) is 1. The van der Waals surface area contributed by atoms with E-state index in [4.69, 9.17) is 10.8 Å². The molecule has 2 heterocycles. The van der Waals surface area contributed by atoms with E-state index < -0.39 is 0 Å². The van der Waals surface area contributed by atoms with Crippen LogP contribution in [0.15, 0.2) is 10.5 Å². The monoisotopic (exact) mass is 199 g/mol. The van der Waals surface area contributed by atoms with Crippen molar-refractivity contribution in [2.24, 2.45) is 0 Å². The summed E-state index contributed by atoms with van der Waals surface area (Å²) in [6, 6.07) is 0. The fourth-order valence-electron chi connectivity index (χ4n) is 1.68. The first-order valence-corrected chi connectivity index (χ1v) is 4.86. The molecule has 1 N–H and O–H groups in total. The zero-order valence-corrected chi connectivity index (χ0v) is 9.14. The molecule has 0 aromatic carbocycles. The molecule has 0 aliphatic carbocycles. The SMILES string of the molecule is C#C/C=C\c1oc2c(C)c(C)[nH]c2c1C. The van der Waals surface area contributed by atoms with Gasteiger partial charge in [-0.2, -0.15) is 0 Å². The first-order valence-electron chi connectivity index (χ1n) is 4.86. The van der Waals surface area contributed by atoms with Gasteiger partial charge in [0.1, 0.15) is 5.76 Å². The summed E-state index contributed by atoms with van der Waals surface area (Å²) in [5.74, 6) is 3.29. The van der Waals surface area contributed by atoms with Crippen molar-refractivity contribution in [2.75, 3.05) is 0 Å². The van der Waals surface area contributed by atoms with Crippen molar-refractivity contribution in [3.05, 3.63) is 28.7 Å². The highest BCUT2D eigenvalue weighted by Gasteiger charge is 2.13. The van der Waals surface area contributed by atoms with Gasteiger partial charge in [0.05, 0.1) is 5.52 Å². The number of aryl methyl sites for hydroxylation is 3. The molecular formula is C13H13NO. The van der Waals surface area contributed by atoms with Crippen LogP contribution in [0.3, 0.4) is 0 Å². The molecule has 0 aliphatic rings. The zero-order valence-electron chi connectivity index (χ0n) is 9.14. The Morgan fingerprint density at radius 1 is 1.27 bits per heavy atom. The maximum absolute atomic E-state index is 5.74. The van der Waals surface area contributed by atoms with Crippen molar-refractivity contribution in [2.45, 2.75) is 20.8 Å². The maximum atomic E-state index is 5.74. The molecule has 0 bridgehead atoms. The van der Waals surface area contributed by atoms with Crippen molar-refractivity contribution in [1.29, 1.82) is 0 Å². The van der Waals surface area contributed by atoms with Gasteiger partial charge in [0.15, 0.2) is 5.58 Å². The predicted octanol–water partition coefficient (Wildman–Crippen LogP) is 3.33. The molecule has 0 aliphatic heterocycles. The number of aromatic amines is 1. The number of H-pyrrole nitrogens is 1. The number of furan rings is 1. The Balaban J connectivity index is 2.67. The molecule has 0 atom stereocenters. The van der Waals surface area contributed by atoms with Crippen LogP contribution < -0.4 is 0 Å². The van der Waals surface area contributed by atoms with Gasteiger partial charge in [0.25, 0.3) is 0 Å². The van der Waals surface area contributed by atoms with E-state index in [0.717, 1.165) is 33.7 Å². The number of fused-ring (bicyclic) bond motifs is 1. The second kappa shape index (κ2) is 3.36. The zero-order chi connectivity index (χ0) is 11.0. The molecule has 0 amide bonds. The molecular weight excluding hydrogens is 186 g/mol. The Labute approximate surface area is 89.0 Å². The number of terminal acetylenes is 1. The summed E-state index contributed by atoms with van der Waals surface area (Å²) in [4.78, 5) is 3.31. The molecule has 2 aromatic rings. The largest absolute Gasteiger partial charge is 0.454 e. The fraction of sp³-hybridized carbons (Fsp3) is 0.231. The lowest BCUT2D eigenvalue weighted by Crippen LogP contribution is -1.76. The van der Waals surface area contributed by atoms with E-state index >= 15 is 0 Å². The topological polar surface area (TPSA) is 28.9 Å². The van der Waals surface area contributed by atoms with Gasteiger partial charge in [0, 0.05) is 16.8 Å². The summed E-state index contributed by atoms with van der Waals surface area (Å²) in [5, 5.41) is 0. The van der Waals surface area contributed by atoms with Crippen LogP contribution in [0.25, 0.3) is 17.2 Å². The lowest BCUT2D eigenvalue weighted by atomic mass is 10.2. The van der Waals surface area contributed by atoms with Crippen LogP contribution in [0.5, 0.6) is 0 Å². The standard InChI is InChI=1S/C13H13NO/c1-5-6-7-11-9(3)12-13(15-11)8(2)10(4)14-12/h1,6-7,14H,2-4H3/b7-6-. The summed E-state index contributed by atoms with van der Waals surface area (Å²) >= 11 is 0. The van der Waals surface area contributed by atoms with Crippen LogP contribution in [-0.2, 0) is 0 Å². The Bertz CT molecular complexity index is 576. The summed E-state index contributed by atoms with van der Waals surface area (Å²) in [6.07, 6.45) is 8.63. The van der Waals surface area contributed by atoms with Gasteiger partial charge < -0.3 is 9.40 Å². The third kappa shape index (κ3) is 1.37. The predicted molar refractivity (Wildman–Crippen MR) is 62.6 cm³/mol. The highest BCUT2D eigenvalue weighted by molar-refractivity contribution is 5.85. The minimum absolute atomic E-state index is 0.831. The number of hydrogen-bond acceptors (Lipinski definition) is 1. The van der Waals surface area contributed by atoms with E-state index in [0.29, 0.717) is 0 Å². The smallest absolute Gasteiger partial charge is 0.155 e. The van der Waals surface area contributed by atoms with Crippen LogP contribution >= 0.6 is 0 Å². The number of hydrogen-bond donors (Lipinski definition) is 1. The van der Waals surface area contributed by atoms with Crippen molar-refractivity contribution >= 4 is 17.2 Å². The Morgan fingerprint density at radius 3 is 2.60 bits per heavy atom. The molecule has 2 heteroatoms. The van der Waals surface area contributed by atoms with Gasteiger partial charge in [-0.1, -0.05) is 5.92 Å². The summed E-state index contributed by atoms with van der Waals surface area (Å²) < 4.78 is 5.74. The lowest BCUT2D eigenvalue weighted by molar-refractivity contribution is 0.599. The van der Waals surface area contributed by atoms with Crippen molar-refractivity contribution < 1.29 is 4.42 Å². The van der Waals surface area contributed by atoms with E-state index in [1.54, 1.807) is 6.08 Å². The van der Waals surface area contributed by atoms with Crippen LogP contribution in [0.4, 0.5) is 0 Å². The molecule has 76 valence electrons. The minimum atomic E-state index is 0.831. The van der Waals surface area contributed by atoms with Gasteiger partial charge >= 0.3 is 0 Å². The van der Waals surface area contributed by atoms with Crippen LogP contribution in [0.2, 0.25) is 0 Å². The first kappa shape index (κ1) is 9.67. The number of rotatable bonds is 1. The maximum Gasteiger partial charge on any atom is 0.155 e. The molecule has 2 rings (SSSR count). The van der Waals surface area contributed by atoms with Gasteiger partial charge in [-0.05, 0) is 32.9 Å². The number of aromatic nitrogens is 1. The third-order valence-electron chi connectivity index (χ3n) is 2.73. The Kier molecular flexibility index (Phi) is 2.17. The van der Waals surface area contributed by atoms with Gasteiger partial charge in [0.2, 0.25) is 0 Å². The fourth-order valence-corrected chi connectivity index (χ4v) is 1.68. The summed E-state index contributed by atoms with van der Waals surface area (Å²) in [7, 11) is 0. The van der Waals surface area contributed by atoms with E-state index in [1.807, 2.05) is 26.8 Å². The first-order chi connectivity index (χ1) is 7.15. The van der Waals surface area contributed by atoms with E-state index in [-0.39, 0.29) is 0 Å². The highest BCUT2D eigenvalue weighted by atomic mass is 16.3. The highest BCUT2D eigenvalue weighted by Crippen LogP contribution is 2.29. The van der Waals surface area contributed by atoms with Crippen LogP contribution in [-0.4, -0.2) is 4.98 Å². The second-order valence-electron chi connectivity index (χ2n) is 3.67. The molecule has 0 saturated carbocycles. The molecule has 0 fully saturated rings. The number of allylic oxidation sites excluding steroid dienone is 1. The molecule has 0 spiro atoms. The summed E-state index contributed by atoms with van der Waals surface area (Å²) in [5.41, 5.74) is 5.42. The van der Waals surface area contributed by atoms with Gasteiger partial charge in [-0.15, -0.1) is 6.42 Å².